The van der Waals surface area contributed by atoms with Crippen molar-refractivity contribution < 1.29 is 9.59 Å². The highest BCUT2D eigenvalue weighted by Gasteiger charge is 2.16. The summed E-state index contributed by atoms with van der Waals surface area (Å²) in [5, 5.41) is 6.44. The predicted molar refractivity (Wildman–Crippen MR) is 121 cm³/mol. The van der Waals surface area contributed by atoms with Gasteiger partial charge in [-0.15, -0.1) is 11.8 Å². The van der Waals surface area contributed by atoms with Crippen LogP contribution in [0.25, 0.3) is 0 Å². The van der Waals surface area contributed by atoms with Crippen molar-refractivity contribution in [1.82, 2.24) is 4.98 Å². The zero-order valence-electron chi connectivity index (χ0n) is 16.5. The molecule has 0 aliphatic heterocycles. The van der Waals surface area contributed by atoms with Crippen LogP contribution in [0.5, 0.6) is 0 Å². The summed E-state index contributed by atoms with van der Waals surface area (Å²) in [6.45, 7) is 0. The Kier molecular flexibility index (Phi) is 6.44. The van der Waals surface area contributed by atoms with E-state index in [-0.39, 0.29) is 11.8 Å². The van der Waals surface area contributed by atoms with Crippen molar-refractivity contribution in [3.05, 3.63) is 84.2 Å². The van der Waals surface area contributed by atoms with Gasteiger partial charge in [0, 0.05) is 39.5 Å². The van der Waals surface area contributed by atoms with Gasteiger partial charge in [0.15, 0.2) is 0 Å². The fourth-order valence-corrected chi connectivity index (χ4v) is 4.70. The molecule has 6 heteroatoms. The number of hydrogen-bond acceptors (Lipinski definition) is 4. The topological polar surface area (TPSA) is 71.1 Å². The minimum absolute atomic E-state index is 0.219. The highest BCUT2D eigenvalue weighted by Crippen LogP contribution is 2.35. The zero-order valence-corrected chi connectivity index (χ0v) is 17.3. The Morgan fingerprint density at radius 2 is 1.53 bits per heavy atom. The standard InChI is InChI=1S/C24H23N3O2S/c28-23(26-19-10-12-22(13-11-19)30-21-8-1-2-9-21)17-5-3-7-20(15-17)27-24(29)18-6-4-14-25-16-18/h3-7,10-16,21H,1-2,8-9H2,(H,26,28)(H,27,29). The molecular formula is C24H23N3O2S. The van der Waals surface area contributed by atoms with E-state index in [0.29, 0.717) is 16.8 Å². The van der Waals surface area contributed by atoms with E-state index >= 15 is 0 Å². The molecule has 0 bridgehead atoms. The van der Waals surface area contributed by atoms with Gasteiger partial charge in [-0.3, -0.25) is 14.6 Å². The fourth-order valence-electron chi connectivity index (χ4n) is 3.46. The summed E-state index contributed by atoms with van der Waals surface area (Å²) in [7, 11) is 0. The maximum Gasteiger partial charge on any atom is 0.257 e. The number of pyridine rings is 1. The first kappa shape index (κ1) is 20.2. The lowest BCUT2D eigenvalue weighted by Crippen LogP contribution is -2.14. The summed E-state index contributed by atoms with van der Waals surface area (Å²) < 4.78 is 0. The van der Waals surface area contributed by atoms with Crippen molar-refractivity contribution in [2.45, 2.75) is 35.8 Å². The van der Waals surface area contributed by atoms with Gasteiger partial charge in [0.05, 0.1) is 5.56 Å². The number of rotatable bonds is 6. The average Bonchev–Trinajstić information content (AvgIpc) is 3.29. The highest BCUT2D eigenvalue weighted by molar-refractivity contribution is 8.00. The molecule has 1 saturated carbocycles. The van der Waals surface area contributed by atoms with Gasteiger partial charge in [-0.25, -0.2) is 0 Å². The Bertz CT molecular complexity index is 1020. The van der Waals surface area contributed by atoms with Gasteiger partial charge < -0.3 is 10.6 Å². The quantitative estimate of drug-likeness (QED) is 0.546. The van der Waals surface area contributed by atoms with E-state index < -0.39 is 0 Å². The van der Waals surface area contributed by atoms with Gasteiger partial charge in [-0.05, 0) is 67.4 Å². The Labute approximate surface area is 180 Å². The van der Waals surface area contributed by atoms with Crippen molar-refractivity contribution in [3.63, 3.8) is 0 Å². The van der Waals surface area contributed by atoms with E-state index in [1.807, 2.05) is 23.9 Å². The monoisotopic (exact) mass is 417 g/mol. The number of amides is 2. The maximum atomic E-state index is 12.6. The Morgan fingerprint density at radius 1 is 0.833 bits per heavy atom. The van der Waals surface area contributed by atoms with Crippen molar-refractivity contribution in [3.8, 4) is 0 Å². The summed E-state index contributed by atoms with van der Waals surface area (Å²) in [5.41, 5.74) is 2.24. The van der Waals surface area contributed by atoms with Crippen molar-refractivity contribution in [1.29, 1.82) is 0 Å². The summed E-state index contributed by atoms with van der Waals surface area (Å²) in [6.07, 6.45) is 8.34. The lowest BCUT2D eigenvalue weighted by Gasteiger charge is -2.11. The van der Waals surface area contributed by atoms with E-state index in [1.54, 1.807) is 42.6 Å². The van der Waals surface area contributed by atoms with Crippen LogP contribution < -0.4 is 10.6 Å². The van der Waals surface area contributed by atoms with Crippen LogP contribution in [0.15, 0.2) is 78.0 Å². The lowest BCUT2D eigenvalue weighted by molar-refractivity contribution is 0.101. The third kappa shape index (κ3) is 5.27. The third-order valence-electron chi connectivity index (χ3n) is 5.02. The number of hydrogen-bond donors (Lipinski definition) is 2. The van der Waals surface area contributed by atoms with E-state index in [9.17, 15) is 9.59 Å². The number of anilines is 2. The minimum Gasteiger partial charge on any atom is -0.322 e. The number of carbonyl (C=O) groups is 2. The molecule has 5 nitrogen and oxygen atoms in total. The first-order valence-corrected chi connectivity index (χ1v) is 10.9. The van der Waals surface area contributed by atoms with Crippen LogP contribution in [-0.4, -0.2) is 22.0 Å². The first-order valence-electron chi connectivity index (χ1n) is 10.1. The largest absolute Gasteiger partial charge is 0.322 e. The first-order chi connectivity index (χ1) is 14.7. The summed E-state index contributed by atoms with van der Waals surface area (Å²) in [4.78, 5) is 30.1. The van der Waals surface area contributed by atoms with Crippen LogP contribution in [0.4, 0.5) is 11.4 Å². The van der Waals surface area contributed by atoms with E-state index in [2.05, 4.69) is 27.8 Å². The molecule has 0 saturated heterocycles. The Balaban J connectivity index is 1.37. The number of nitrogens with one attached hydrogen (secondary N) is 2. The molecule has 0 radical (unpaired) electrons. The molecule has 0 atom stereocenters. The van der Waals surface area contributed by atoms with Crippen LogP contribution in [0, 0.1) is 0 Å². The van der Waals surface area contributed by atoms with Crippen LogP contribution in [0.1, 0.15) is 46.4 Å². The molecule has 1 aliphatic rings. The second kappa shape index (κ2) is 9.59. The molecule has 2 amide bonds. The number of aromatic nitrogens is 1. The molecule has 0 spiro atoms. The van der Waals surface area contributed by atoms with Gasteiger partial charge in [0.1, 0.15) is 0 Å². The number of thioether (sulfide) groups is 1. The average molecular weight is 418 g/mol. The third-order valence-corrected chi connectivity index (χ3v) is 6.37. The summed E-state index contributed by atoms with van der Waals surface area (Å²) in [6, 6.07) is 18.3. The molecule has 0 unspecified atom stereocenters. The van der Waals surface area contributed by atoms with Gasteiger partial charge in [-0.2, -0.15) is 0 Å². The smallest absolute Gasteiger partial charge is 0.257 e. The summed E-state index contributed by atoms with van der Waals surface area (Å²) >= 11 is 1.92. The predicted octanol–water partition coefficient (Wildman–Crippen LogP) is 5.62. The van der Waals surface area contributed by atoms with Gasteiger partial charge >= 0.3 is 0 Å². The van der Waals surface area contributed by atoms with Gasteiger partial charge in [-0.1, -0.05) is 18.9 Å². The van der Waals surface area contributed by atoms with Crippen LogP contribution >= 0.6 is 11.8 Å². The van der Waals surface area contributed by atoms with Crippen molar-refractivity contribution in [2.24, 2.45) is 0 Å². The molecule has 1 aliphatic carbocycles. The molecule has 4 rings (SSSR count). The second-order valence-electron chi connectivity index (χ2n) is 7.28. The van der Waals surface area contributed by atoms with Crippen molar-refractivity contribution in [2.75, 3.05) is 10.6 Å². The Morgan fingerprint density at radius 3 is 2.27 bits per heavy atom. The molecule has 2 N–H and O–H groups in total. The molecule has 2 aromatic carbocycles. The molecule has 1 fully saturated rings. The molecule has 152 valence electrons. The summed E-state index contributed by atoms with van der Waals surface area (Å²) in [5.74, 6) is -0.486. The van der Waals surface area contributed by atoms with Crippen molar-refractivity contribution >= 4 is 35.0 Å². The van der Waals surface area contributed by atoms with E-state index in [4.69, 9.17) is 0 Å². The molecule has 3 aromatic rings. The van der Waals surface area contributed by atoms with E-state index in [1.165, 1.54) is 36.8 Å². The minimum atomic E-state index is -0.268. The SMILES string of the molecule is O=C(Nc1cccc(C(=O)Nc2ccc(SC3CCCC3)cc2)c1)c1cccnc1. The van der Waals surface area contributed by atoms with Crippen LogP contribution in [0.3, 0.4) is 0 Å². The second-order valence-corrected chi connectivity index (χ2v) is 8.65. The van der Waals surface area contributed by atoms with Gasteiger partial charge in [0.2, 0.25) is 0 Å². The number of nitrogens with zero attached hydrogens (tertiary/aromatic N) is 1. The molecule has 1 heterocycles. The Hall–Kier alpha value is -3.12. The number of benzene rings is 2. The zero-order chi connectivity index (χ0) is 20.8. The van der Waals surface area contributed by atoms with Gasteiger partial charge in [0.25, 0.3) is 11.8 Å². The maximum absolute atomic E-state index is 12.6. The van der Waals surface area contributed by atoms with Crippen LogP contribution in [-0.2, 0) is 0 Å². The lowest BCUT2D eigenvalue weighted by atomic mass is 10.1. The van der Waals surface area contributed by atoms with Crippen LogP contribution in [0.2, 0.25) is 0 Å². The normalized spacial score (nSPS) is 13.7. The molecular weight excluding hydrogens is 394 g/mol. The molecule has 30 heavy (non-hydrogen) atoms. The van der Waals surface area contributed by atoms with E-state index in [0.717, 1.165) is 10.9 Å². The molecule has 1 aromatic heterocycles. The fraction of sp³-hybridized carbons (Fsp3) is 0.208. The highest BCUT2D eigenvalue weighted by atomic mass is 32.2. The number of carbonyl (C=O) groups excluding carboxylic acids is 2.